The van der Waals surface area contributed by atoms with Crippen molar-refractivity contribution in [1.29, 1.82) is 0 Å². The summed E-state index contributed by atoms with van der Waals surface area (Å²) in [4.78, 5) is 10.7. The summed E-state index contributed by atoms with van der Waals surface area (Å²) in [5.74, 6) is -0.0224. The SMILES string of the molecule is CC(=O)CC(O)COCc1ccccc1. The van der Waals surface area contributed by atoms with Crippen molar-refractivity contribution in [2.24, 2.45) is 0 Å². The van der Waals surface area contributed by atoms with E-state index in [1.54, 1.807) is 0 Å². The second kappa shape index (κ2) is 6.32. The van der Waals surface area contributed by atoms with E-state index in [1.165, 1.54) is 6.92 Å². The fraction of sp³-hybridized carbons (Fsp3) is 0.417. The Bertz CT molecular complexity index is 295. The molecular formula is C12H16O3. The fourth-order valence-corrected chi connectivity index (χ4v) is 1.28. The molecule has 3 nitrogen and oxygen atoms in total. The standard InChI is InChI=1S/C12H16O3/c1-10(13)7-12(14)9-15-8-11-5-3-2-4-6-11/h2-6,12,14H,7-9H2,1H3. The van der Waals surface area contributed by atoms with Crippen LogP contribution in [0.4, 0.5) is 0 Å². The van der Waals surface area contributed by atoms with Gasteiger partial charge in [0.1, 0.15) is 5.78 Å². The van der Waals surface area contributed by atoms with Crippen LogP contribution in [0.1, 0.15) is 18.9 Å². The summed E-state index contributed by atoms with van der Waals surface area (Å²) in [7, 11) is 0. The molecule has 1 N–H and O–H groups in total. The van der Waals surface area contributed by atoms with Crippen molar-refractivity contribution in [2.75, 3.05) is 6.61 Å². The van der Waals surface area contributed by atoms with Gasteiger partial charge in [-0.15, -0.1) is 0 Å². The number of rotatable bonds is 6. The number of hydrogen-bond acceptors (Lipinski definition) is 3. The zero-order valence-electron chi connectivity index (χ0n) is 8.85. The van der Waals surface area contributed by atoms with Gasteiger partial charge < -0.3 is 9.84 Å². The molecule has 1 atom stereocenters. The van der Waals surface area contributed by atoms with E-state index in [2.05, 4.69) is 0 Å². The van der Waals surface area contributed by atoms with E-state index in [4.69, 9.17) is 4.74 Å². The summed E-state index contributed by atoms with van der Waals surface area (Å²) in [5, 5.41) is 9.35. The maximum absolute atomic E-state index is 10.7. The van der Waals surface area contributed by atoms with Gasteiger partial charge in [0.05, 0.1) is 19.3 Å². The predicted molar refractivity (Wildman–Crippen MR) is 57.4 cm³/mol. The highest BCUT2D eigenvalue weighted by Crippen LogP contribution is 2.02. The van der Waals surface area contributed by atoms with Crippen molar-refractivity contribution >= 4 is 5.78 Å². The van der Waals surface area contributed by atoms with Gasteiger partial charge >= 0.3 is 0 Å². The molecule has 0 spiro atoms. The molecule has 1 aromatic carbocycles. The van der Waals surface area contributed by atoms with Crippen LogP contribution in [0.3, 0.4) is 0 Å². The van der Waals surface area contributed by atoms with Crippen LogP contribution in [-0.4, -0.2) is 23.6 Å². The van der Waals surface area contributed by atoms with Crippen LogP contribution in [-0.2, 0) is 16.1 Å². The number of Topliss-reactive ketones (excluding diaryl/α,β-unsaturated/α-hetero) is 1. The summed E-state index contributed by atoms with van der Waals surface area (Å²) in [6.07, 6.45) is -0.527. The van der Waals surface area contributed by atoms with Crippen LogP contribution in [0.25, 0.3) is 0 Å². The molecule has 0 aromatic heterocycles. The summed E-state index contributed by atoms with van der Waals surface area (Å²) in [6.45, 7) is 2.13. The quantitative estimate of drug-likeness (QED) is 0.771. The smallest absolute Gasteiger partial charge is 0.132 e. The van der Waals surface area contributed by atoms with Crippen LogP contribution in [0.2, 0.25) is 0 Å². The molecule has 15 heavy (non-hydrogen) atoms. The lowest BCUT2D eigenvalue weighted by atomic mass is 10.2. The highest BCUT2D eigenvalue weighted by molar-refractivity contribution is 5.75. The van der Waals surface area contributed by atoms with Crippen molar-refractivity contribution in [2.45, 2.75) is 26.1 Å². The van der Waals surface area contributed by atoms with Crippen molar-refractivity contribution in [1.82, 2.24) is 0 Å². The Morgan fingerprint density at radius 3 is 2.67 bits per heavy atom. The predicted octanol–water partition coefficient (Wildman–Crippen LogP) is 1.54. The van der Waals surface area contributed by atoms with Crippen molar-refractivity contribution in [3.63, 3.8) is 0 Å². The van der Waals surface area contributed by atoms with Gasteiger partial charge in [0, 0.05) is 6.42 Å². The third kappa shape index (κ3) is 5.30. The van der Waals surface area contributed by atoms with Gasteiger partial charge in [0.25, 0.3) is 0 Å². The Hall–Kier alpha value is -1.19. The third-order valence-electron chi connectivity index (χ3n) is 1.94. The van der Waals surface area contributed by atoms with Gasteiger partial charge in [-0.3, -0.25) is 4.79 Å². The molecule has 1 aromatic rings. The zero-order chi connectivity index (χ0) is 11.1. The third-order valence-corrected chi connectivity index (χ3v) is 1.94. The van der Waals surface area contributed by atoms with E-state index in [-0.39, 0.29) is 18.8 Å². The average molecular weight is 208 g/mol. The van der Waals surface area contributed by atoms with Crippen LogP contribution in [0.5, 0.6) is 0 Å². The Morgan fingerprint density at radius 1 is 1.40 bits per heavy atom. The average Bonchev–Trinajstić information content (AvgIpc) is 2.18. The van der Waals surface area contributed by atoms with Gasteiger partial charge in [0.15, 0.2) is 0 Å². The molecule has 1 rings (SSSR count). The molecule has 0 heterocycles. The van der Waals surface area contributed by atoms with E-state index in [9.17, 15) is 9.90 Å². The van der Waals surface area contributed by atoms with Crippen molar-refractivity contribution in [3.05, 3.63) is 35.9 Å². The number of carbonyl (C=O) groups excluding carboxylic acids is 1. The minimum atomic E-state index is -0.689. The highest BCUT2D eigenvalue weighted by Gasteiger charge is 2.06. The summed E-state index contributed by atoms with van der Waals surface area (Å²) >= 11 is 0. The maximum Gasteiger partial charge on any atom is 0.132 e. The van der Waals surface area contributed by atoms with Crippen LogP contribution in [0, 0.1) is 0 Å². The molecule has 0 radical (unpaired) electrons. The zero-order valence-corrected chi connectivity index (χ0v) is 8.85. The number of benzene rings is 1. The van der Waals surface area contributed by atoms with Gasteiger partial charge in [-0.25, -0.2) is 0 Å². The number of aliphatic hydroxyl groups is 1. The van der Waals surface area contributed by atoms with Crippen molar-refractivity contribution in [3.8, 4) is 0 Å². The van der Waals surface area contributed by atoms with E-state index in [0.29, 0.717) is 6.61 Å². The first-order valence-electron chi connectivity index (χ1n) is 4.97. The molecule has 0 bridgehead atoms. The molecule has 0 aliphatic carbocycles. The lowest BCUT2D eigenvalue weighted by molar-refractivity contribution is -0.119. The molecule has 0 aliphatic rings. The first-order chi connectivity index (χ1) is 7.18. The Balaban J connectivity index is 2.19. The highest BCUT2D eigenvalue weighted by atomic mass is 16.5. The molecule has 0 saturated heterocycles. The molecule has 0 saturated carbocycles. The van der Waals surface area contributed by atoms with E-state index in [0.717, 1.165) is 5.56 Å². The number of ether oxygens (including phenoxy) is 1. The number of ketones is 1. The van der Waals surface area contributed by atoms with Gasteiger partial charge in [-0.05, 0) is 12.5 Å². The van der Waals surface area contributed by atoms with E-state index >= 15 is 0 Å². The Labute approximate surface area is 89.7 Å². The van der Waals surface area contributed by atoms with Crippen LogP contribution >= 0.6 is 0 Å². The van der Waals surface area contributed by atoms with Gasteiger partial charge in [0.2, 0.25) is 0 Å². The summed E-state index contributed by atoms with van der Waals surface area (Å²) < 4.78 is 5.28. The van der Waals surface area contributed by atoms with Gasteiger partial charge in [-0.2, -0.15) is 0 Å². The minimum absolute atomic E-state index is 0.0224. The first kappa shape index (κ1) is 11.9. The molecule has 1 unspecified atom stereocenters. The molecule has 0 fully saturated rings. The number of carbonyl (C=O) groups is 1. The molecule has 82 valence electrons. The molecule has 0 amide bonds. The van der Waals surface area contributed by atoms with E-state index in [1.807, 2.05) is 30.3 Å². The van der Waals surface area contributed by atoms with Crippen molar-refractivity contribution < 1.29 is 14.6 Å². The normalized spacial score (nSPS) is 12.4. The fourth-order valence-electron chi connectivity index (χ4n) is 1.28. The molecule has 0 aliphatic heterocycles. The minimum Gasteiger partial charge on any atom is -0.390 e. The topological polar surface area (TPSA) is 46.5 Å². The Kier molecular flexibility index (Phi) is 5.01. The lowest BCUT2D eigenvalue weighted by Crippen LogP contribution is -2.18. The summed E-state index contributed by atoms with van der Waals surface area (Å²) in [5.41, 5.74) is 1.06. The van der Waals surface area contributed by atoms with Gasteiger partial charge in [-0.1, -0.05) is 30.3 Å². The molecule has 3 heteroatoms. The lowest BCUT2D eigenvalue weighted by Gasteiger charge is -2.09. The maximum atomic E-state index is 10.7. The number of aliphatic hydroxyl groups excluding tert-OH is 1. The molecular weight excluding hydrogens is 192 g/mol. The Morgan fingerprint density at radius 2 is 2.07 bits per heavy atom. The largest absolute Gasteiger partial charge is 0.390 e. The summed E-state index contributed by atoms with van der Waals surface area (Å²) in [6, 6.07) is 9.72. The van der Waals surface area contributed by atoms with Crippen LogP contribution in [0.15, 0.2) is 30.3 Å². The van der Waals surface area contributed by atoms with E-state index < -0.39 is 6.10 Å². The second-order valence-electron chi connectivity index (χ2n) is 3.56. The monoisotopic (exact) mass is 208 g/mol. The first-order valence-corrected chi connectivity index (χ1v) is 4.97. The number of hydrogen-bond donors (Lipinski definition) is 1. The van der Waals surface area contributed by atoms with Crippen LogP contribution < -0.4 is 0 Å². The second-order valence-corrected chi connectivity index (χ2v) is 3.56.